The van der Waals surface area contributed by atoms with E-state index in [9.17, 15) is 0 Å². The molecular formula is C14H19ClN4OS. The minimum atomic E-state index is 0. The first-order chi connectivity index (χ1) is 9.61. The summed E-state index contributed by atoms with van der Waals surface area (Å²) in [6.07, 6.45) is 0. The third-order valence-corrected chi connectivity index (χ3v) is 3.72. The van der Waals surface area contributed by atoms with Gasteiger partial charge in [-0.15, -0.1) is 24.2 Å². The fourth-order valence-corrected chi connectivity index (χ4v) is 2.65. The van der Waals surface area contributed by atoms with Crippen LogP contribution in [0, 0.1) is 6.92 Å². The first-order valence-corrected chi connectivity index (χ1v) is 7.33. The van der Waals surface area contributed by atoms with Crippen LogP contribution < -0.4 is 16.2 Å². The molecule has 0 atom stereocenters. The molecule has 0 bridgehead atoms. The smallest absolute Gasteiger partial charge is 0.222 e. The van der Waals surface area contributed by atoms with Crippen LogP contribution in [0.2, 0.25) is 0 Å². The molecule has 1 heterocycles. The van der Waals surface area contributed by atoms with Crippen LogP contribution in [-0.2, 0) is 6.61 Å². The summed E-state index contributed by atoms with van der Waals surface area (Å²) in [5.41, 5.74) is 13.1. The van der Waals surface area contributed by atoms with Gasteiger partial charge in [0.05, 0.1) is 5.69 Å². The first kappa shape index (κ1) is 17.4. The Morgan fingerprint density at radius 1 is 1.19 bits per heavy atom. The summed E-state index contributed by atoms with van der Waals surface area (Å²) in [6, 6.07) is 8.14. The number of nitrogens with zero attached hydrogens (tertiary/aromatic N) is 2. The van der Waals surface area contributed by atoms with E-state index >= 15 is 0 Å². The van der Waals surface area contributed by atoms with Crippen LogP contribution in [-0.4, -0.2) is 15.7 Å². The number of ether oxygens (including phenoxy) is 1. The van der Waals surface area contributed by atoms with Gasteiger partial charge in [0.25, 0.3) is 0 Å². The Morgan fingerprint density at radius 3 is 2.57 bits per heavy atom. The highest BCUT2D eigenvalue weighted by molar-refractivity contribution is 7.99. The zero-order chi connectivity index (χ0) is 14.5. The molecule has 4 N–H and O–H groups in total. The Labute approximate surface area is 134 Å². The molecule has 0 radical (unpaired) electrons. The van der Waals surface area contributed by atoms with E-state index in [-0.39, 0.29) is 24.2 Å². The van der Waals surface area contributed by atoms with Gasteiger partial charge in [0, 0.05) is 10.5 Å². The van der Waals surface area contributed by atoms with E-state index < -0.39 is 0 Å². The molecule has 0 amide bonds. The topological polar surface area (TPSA) is 87.0 Å². The minimum absolute atomic E-state index is 0. The van der Waals surface area contributed by atoms with Gasteiger partial charge < -0.3 is 16.2 Å². The monoisotopic (exact) mass is 326 g/mol. The molecule has 5 nitrogen and oxygen atoms in total. The third-order valence-electron chi connectivity index (χ3n) is 2.72. The second-order valence-corrected chi connectivity index (χ2v) is 5.52. The van der Waals surface area contributed by atoms with Crippen molar-refractivity contribution in [3.05, 3.63) is 35.5 Å². The number of anilines is 2. The number of halogens is 1. The van der Waals surface area contributed by atoms with Crippen molar-refractivity contribution in [2.45, 2.75) is 25.3 Å². The summed E-state index contributed by atoms with van der Waals surface area (Å²) in [7, 11) is 0. The normalized spacial score (nSPS) is 10.0. The van der Waals surface area contributed by atoms with E-state index in [1.54, 1.807) is 18.7 Å². The van der Waals surface area contributed by atoms with Crippen LogP contribution in [0.25, 0.3) is 0 Å². The van der Waals surface area contributed by atoms with Gasteiger partial charge in [-0.2, -0.15) is 4.98 Å². The minimum Gasteiger partial charge on any atom is -0.483 e. The Balaban J connectivity index is 0.00000220. The van der Waals surface area contributed by atoms with Crippen LogP contribution in [0.4, 0.5) is 11.8 Å². The van der Waals surface area contributed by atoms with E-state index in [1.807, 2.05) is 18.2 Å². The van der Waals surface area contributed by atoms with Gasteiger partial charge in [0.1, 0.15) is 6.61 Å². The van der Waals surface area contributed by atoms with Gasteiger partial charge in [0.15, 0.2) is 11.6 Å². The predicted octanol–water partition coefficient (Wildman–Crippen LogP) is 3.06. The maximum absolute atomic E-state index is 5.82. The SMILES string of the molecule is CCSc1ccccc1COc1c(C)nc(N)nc1N.Cl. The van der Waals surface area contributed by atoms with Crippen molar-refractivity contribution in [3.8, 4) is 5.75 Å². The zero-order valence-electron chi connectivity index (χ0n) is 12.0. The van der Waals surface area contributed by atoms with E-state index in [2.05, 4.69) is 23.0 Å². The van der Waals surface area contributed by atoms with E-state index in [4.69, 9.17) is 16.2 Å². The number of nitrogens with two attached hydrogens (primary N) is 2. The number of hydrogen-bond acceptors (Lipinski definition) is 6. The number of hydrogen-bond donors (Lipinski definition) is 2. The van der Waals surface area contributed by atoms with E-state index in [0.29, 0.717) is 18.1 Å². The number of nitrogen functional groups attached to an aromatic ring is 2. The molecule has 114 valence electrons. The van der Waals surface area contributed by atoms with Gasteiger partial charge >= 0.3 is 0 Å². The lowest BCUT2D eigenvalue weighted by atomic mass is 10.2. The number of thioether (sulfide) groups is 1. The summed E-state index contributed by atoms with van der Waals surface area (Å²) in [6.45, 7) is 4.36. The Hall–Kier alpha value is -1.66. The van der Waals surface area contributed by atoms with Crippen LogP contribution in [0.1, 0.15) is 18.2 Å². The molecule has 0 aliphatic heterocycles. The Bertz CT molecular complexity index is 586. The molecule has 1 aromatic carbocycles. The van der Waals surface area contributed by atoms with Crippen molar-refractivity contribution in [1.29, 1.82) is 0 Å². The van der Waals surface area contributed by atoms with Crippen molar-refractivity contribution < 1.29 is 4.74 Å². The lowest BCUT2D eigenvalue weighted by molar-refractivity contribution is 0.300. The molecule has 0 fully saturated rings. The van der Waals surface area contributed by atoms with Crippen molar-refractivity contribution in [1.82, 2.24) is 9.97 Å². The molecule has 7 heteroatoms. The number of benzene rings is 1. The standard InChI is InChI=1S/C14H18N4OS.ClH/c1-3-20-11-7-5-4-6-10(11)8-19-12-9(2)17-14(16)18-13(12)15;/h4-7H,3,8H2,1-2H3,(H4,15,16,17,18);1H. The molecule has 2 rings (SSSR count). The van der Waals surface area contributed by atoms with Gasteiger partial charge in [0.2, 0.25) is 5.95 Å². The number of aromatic nitrogens is 2. The molecule has 21 heavy (non-hydrogen) atoms. The lowest BCUT2D eigenvalue weighted by Crippen LogP contribution is -2.07. The maximum atomic E-state index is 5.82. The molecule has 0 spiro atoms. The molecule has 0 aliphatic rings. The molecule has 0 unspecified atom stereocenters. The fourth-order valence-electron chi connectivity index (χ4n) is 1.85. The van der Waals surface area contributed by atoms with Crippen molar-refractivity contribution in [3.63, 3.8) is 0 Å². The predicted molar refractivity (Wildman–Crippen MR) is 90.0 cm³/mol. The van der Waals surface area contributed by atoms with Crippen molar-refractivity contribution >= 4 is 35.9 Å². The molecule has 2 aromatic rings. The quantitative estimate of drug-likeness (QED) is 0.821. The van der Waals surface area contributed by atoms with Crippen LogP contribution in [0.3, 0.4) is 0 Å². The zero-order valence-corrected chi connectivity index (χ0v) is 13.6. The summed E-state index contributed by atoms with van der Waals surface area (Å²) in [5, 5.41) is 0. The summed E-state index contributed by atoms with van der Waals surface area (Å²) >= 11 is 1.79. The molecule has 1 aromatic heterocycles. The van der Waals surface area contributed by atoms with Crippen LogP contribution in [0.15, 0.2) is 29.2 Å². The third kappa shape index (κ3) is 4.41. The first-order valence-electron chi connectivity index (χ1n) is 6.35. The highest BCUT2D eigenvalue weighted by Crippen LogP contribution is 2.27. The second kappa shape index (κ2) is 7.95. The Morgan fingerprint density at radius 2 is 1.90 bits per heavy atom. The van der Waals surface area contributed by atoms with Crippen LogP contribution in [0.5, 0.6) is 5.75 Å². The average Bonchev–Trinajstić information content (AvgIpc) is 2.39. The van der Waals surface area contributed by atoms with Gasteiger partial charge in [-0.1, -0.05) is 25.1 Å². The summed E-state index contributed by atoms with van der Waals surface area (Å²) in [4.78, 5) is 9.19. The molecule has 0 saturated carbocycles. The highest BCUT2D eigenvalue weighted by atomic mass is 35.5. The van der Waals surface area contributed by atoms with Gasteiger partial charge in [-0.05, 0) is 18.7 Å². The molecular weight excluding hydrogens is 308 g/mol. The summed E-state index contributed by atoms with van der Waals surface area (Å²) in [5.74, 6) is 1.95. The second-order valence-electron chi connectivity index (χ2n) is 4.21. The van der Waals surface area contributed by atoms with Crippen molar-refractivity contribution in [2.75, 3.05) is 17.2 Å². The van der Waals surface area contributed by atoms with Gasteiger partial charge in [-0.3, -0.25) is 0 Å². The van der Waals surface area contributed by atoms with Crippen molar-refractivity contribution in [2.24, 2.45) is 0 Å². The fraction of sp³-hybridized carbons (Fsp3) is 0.286. The largest absolute Gasteiger partial charge is 0.483 e. The lowest BCUT2D eigenvalue weighted by Gasteiger charge is -2.13. The average molecular weight is 327 g/mol. The maximum Gasteiger partial charge on any atom is 0.222 e. The number of rotatable bonds is 5. The van der Waals surface area contributed by atoms with Crippen LogP contribution >= 0.6 is 24.2 Å². The number of aryl methyl sites for hydroxylation is 1. The molecule has 0 aliphatic carbocycles. The Kier molecular flexibility index (Phi) is 6.58. The van der Waals surface area contributed by atoms with E-state index in [1.165, 1.54) is 4.90 Å². The van der Waals surface area contributed by atoms with Gasteiger partial charge in [-0.25, -0.2) is 4.98 Å². The highest BCUT2D eigenvalue weighted by Gasteiger charge is 2.10. The van der Waals surface area contributed by atoms with E-state index in [0.717, 1.165) is 11.3 Å². The molecule has 0 saturated heterocycles. The summed E-state index contributed by atoms with van der Waals surface area (Å²) < 4.78 is 5.78.